The van der Waals surface area contributed by atoms with Crippen LogP contribution in [0.2, 0.25) is 0 Å². The van der Waals surface area contributed by atoms with Gasteiger partial charge in [0.25, 0.3) is 0 Å². The van der Waals surface area contributed by atoms with Crippen LogP contribution in [0.1, 0.15) is 31.7 Å². The maximum Gasteiger partial charge on any atom is 0.0876 e. The Morgan fingerprint density at radius 2 is 2.22 bits per heavy atom. The largest absolute Gasteiger partial charge is 0.501 e. The number of rotatable bonds is 5. The van der Waals surface area contributed by atoms with Crippen LogP contribution in [0.25, 0.3) is 5.57 Å². The lowest BCUT2D eigenvalue weighted by Gasteiger charge is -2.20. The Morgan fingerprint density at radius 3 is 2.94 bits per heavy atom. The second-order valence-electron chi connectivity index (χ2n) is 4.91. The summed E-state index contributed by atoms with van der Waals surface area (Å²) in [4.78, 5) is 0. The molecule has 1 aromatic carbocycles. The van der Waals surface area contributed by atoms with Gasteiger partial charge in [0.05, 0.1) is 12.9 Å². The highest BCUT2D eigenvalue weighted by molar-refractivity contribution is 7.99. The van der Waals surface area contributed by atoms with Crippen molar-refractivity contribution >= 4 is 17.3 Å². The highest BCUT2D eigenvalue weighted by atomic mass is 32.2. The van der Waals surface area contributed by atoms with Gasteiger partial charge in [-0.05, 0) is 54.7 Å². The molecule has 98 valence electrons. The maximum atomic E-state index is 5.68. The molecule has 1 saturated heterocycles. The minimum Gasteiger partial charge on any atom is -0.501 e. The van der Waals surface area contributed by atoms with Crippen LogP contribution in [-0.4, -0.2) is 18.1 Å². The van der Waals surface area contributed by atoms with Crippen molar-refractivity contribution in [1.82, 2.24) is 0 Å². The molecule has 0 N–H and O–H groups in total. The summed E-state index contributed by atoms with van der Waals surface area (Å²) in [6.07, 6.45) is 5.88. The molecule has 2 heteroatoms. The number of hydrogen-bond acceptors (Lipinski definition) is 2. The Hall–Kier alpha value is -0.890. The summed E-state index contributed by atoms with van der Waals surface area (Å²) in [7, 11) is 0. The molecule has 1 aliphatic heterocycles. The van der Waals surface area contributed by atoms with E-state index in [0.29, 0.717) is 0 Å². The van der Waals surface area contributed by atoms with Crippen molar-refractivity contribution in [3.05, 3.63) is 42.2 Å². The predicted molar refractivity (Wildman–Crippen MR) is 80.7 cm³/mol. The third kappa shape index (κ3) is 4.41. The first-order valence-electron chi connectivity index (χ1n) is 6.78. The van der Waals surface area contributed by atoms with Crippen molar-refractivity contribution in [3.63, 3.8) is 0 Å². The zero-order valence-electron chi connectivity index (χ0n) is 11.1. The van der Waals surface area contributed by atoms with Gasteiger partial charge in [-0.25, -0.2) is 0 Å². The Balaban J connectivity index is 1.70. The van der Waals surface area contributed by atoms with Crippen LogP contribution in [0.5, 0.6) is 0 Å². The minimum atomic E-state index is 0.857. The Labute approximate surface area is 115 Å². The third-order valence-corrected chi connectivity index (χ3v) is 4.67. The van der Waals surface area contributed by atoms with Gasteiger partial charge in [-0.2, -0.15) is 11.8 Å². The molecule has 1 heterocycles. The van der Waals surface area contributed by atoms with E-state index in [1.165, 1.54) is 41.9 Å². The first-order valence-corrected chi connectivity index (χ1v) is 7.93. The van der Waals surface area contributed by atoms with Crippen LogP contribution in [0.3, 0.4) is 0 Å². The third-order valence-electron chi connectivity index (χ3n) is 3.39. The van der Waals surface area contributed by atoms with E-state index in [0.717, 1.165) is 12.5 Å². The maximum absolute atomic E-state index is 5.68. The van der Waals surface area contributed by atoms with Crippen LogP contribution < -0.4 is 0 Å². The Bertz CT molecular complexity index is 366. The van der Waals surface area contributed by atoms with Crippen LogP contribution in [0, 0.1) is 5.92 Å². The van der Waals surface area contributed by atoms with Crippen molar-refractivity contribution in [2.45, 2.75) is 26.2 Å². The summed E-state index contributed by atoms with van der Waals surface area (Å²) in [5.74, 6) is 3.55. The van der Waals surface area contributed by atoms with Crippen molar-refractivity contribution < 1.29 is 4.74 Å². The van der Waals surface area contributed by atoms with Crippen molar-refractivity contribution in [3.8, 4) is 0 Å². The smallest absolute Gasteiger partial charge is 0.0876 e. The second-order valence-corrected chi connectivity index (χ2v) is 6.06. The topological polar surface area (TPSA) is 9.23 Å². The van der Waals surface area contributed by atoms with Crippen LogP contribution in [0.15, 0.2) is 36.6 Å². The molecule has 1 fully saturated rings. The van der Waals surface area contributed by atoms with Crippen LogP contribution >= 0.6 is 11.8 Å². The lowest BCUT2D eigenvalue weighted by molar-refractivity contribution is 0.224. The standard InChI is InChI=1S/C16H22OS/c1-14(16-7-3-2-4-8-16)12-17-10-9-15-6-5-11-18-13-15/h2-4,7-8,12,15H,5-6,9-11,13H2,1H3/b14-12-. The molecule has 0 aromatic heterocycles. The van der Waals surface area contributed by atoms with Gasteiger partial charge in [-0.15, -0.1) is 0 Å². The fraction of sp³-hybridized carbons (Fsp3) is 0.500. The normalized spacial score (nSPS) is 20.7. The van der Waals surface area contributed by atoms with Crippen molar-refractivity contribution in [1.29, 1.82) is 0 Å². The van der Waals surface area contributed by atoms with E-state index in [-0.39, 0.29) is 0 Å². The quantitative estimate of drug-likeness (QED) is 0.566. The molecule has 1 aliphatic rings. The first kappa shape index (κ1) is 13.5. The van der Waals surface area contributed by atoms with Crippen LogP contribution in [-0.2, 0) is 4.74 Å². The number of thioether (sulfide) groups is 1. The van der Waals surface area contributed by atoms with Gasteiger partial charge in [-0.3, -0.25) is 0 Å². The SMILES string of the molecule is C/C(=C/OCCC1CCCSC1)c1ccccc1. The summed E-state index contributed by atoms with van der Waals surface area (Å²) in [6, 6.07) is 10.4. The van der Waals surface area contributed by atoms with E-state index in [9.17, 15) is 0 Å². The summed E-state index contributed by atoms with van der Waals surface area (Å²) in [5.41, 5.74) is 2.44. The molecular weight excluding hydrogens is 240 g/mol. The molecule has 0 aliphatic carbocycles. The van der Waals surface area contributed by atoms with E-state index < -0.39 is 0 Å². The fourth-order valence-corrected chi connectivity index (χ4v) is 3.43. The van der Waals surface area contributed by atoms with E-state index in [1.54, 1.807) is 0 Å². The molecular formula is C16H22OS. The monoisotopic (exact) mass is 262 g/mol. The molecule has 0 amide bonds. The zero-order valence-corrected chi connectivity index (χ0v) is 11.9. The molecule has 2 rings (SSSR count). The lowest BCUT2D eigenvalue weighted by atomic mass is 10.0. The van der Waals surface area contributed by atoms with Gasteiger partial charge in [0.1, 0.15) is 0 Å². The highest BCUT2D eigenvalue weighted by Crippen LogP contribution is 2.25. The second kappa shape index (κ2) is 7.52. The van der Waals surface area contributed by atoms with E-state index in [1.807, 2.05) is 12.3 Å². The number of ether oxygens (including phenoxy) is 1. The Morgan fingerprint density at radius 1 is 1.39 bits per heavy atom. The molecule has 1 aromatic rings. The van der Waals surface area contributed by atoms with E-state index in [2.05, 4.69) is 43.0 Å². The number of allylic oxidation sites excluding steroid dienone is 1. The average molecular weight is 262 g/mol. The van der Waals surface area contributed by atoms with Gasteiger partial charge in [0.2, 0.25) is 0 Å². The molecule has 0 radical (unpaired) electrons. The number of benzene rings is 1. The summed E-state index contributed by atoms with van der Waals surface area (Å²) >= 11 is 2.09. The molecule has 0 saturated carbocycles. The van der Waals surface area contributed by atoms with E-state index in [4.69, 9.17) is 4.74 Å². The van der Waals surface area contributed by atoms with Crippen molar-refractivity contribution in [2.75, 3.05) is 18.1 Å². The summed E-state index contributed by atoms with van der Waals surface area (Å²) in [5, 5.41) is 0. The Kier molecular flexibility index (Phi) is 5.66. The zero-order chi connectivity index (χ0) is 12.6. The molecule has 1 atom stereocenters. The molecule has 0 bridgehead atoms. The van der Waals surface area contributed by atoms with Gasteiger partial charge >= 0.3 is 0 Å². The summed E-state index contributed by atoms with van der Waals surface area (Å²) < 4.78 is 5.68. The lowest BCUT2D eigenvalue weighted by Crippen LogP contribution is -2.12. The summed E-state index contributed by atoms with van der Waals surface area (Å²) in [6.45, 7) is 2.96. The predicted octanol–water partition coefficient (Wildman–Crippen LogP) is 4.60. The first-order chi connectivity index (χ1) is 8.86. The average Bonchev–Trinajstić information content (AvgIpc) is 2.45. The minimum absolute atomic E-state index is 0.857. The fourth-order valence-electron chi connectivity index (χ4n) is 2.22. The molecule has 1 unspecified atom stereocenters. The van der Waals surface area contributed by atoms with Gasteiger partial charge in [-0.1, -0.05) is 30.3 Å². The number of hydrogen-bond donors (Lipinski definition) is 0. The highest BCUT2D eigenvalue weighted by Gasteiger charge is 2.12. The van der Waals surface area contributed by atoms with Gasteiger partial charge in [0, 0.05) is 0 Å². The van der Waals surface area contributed by atoms with Gasteiger partial charge < -0.3 is 4.74 Å². The molecule has 1 nitrogen and oxygen atoms in total. The van der Waals surface area contributed by atoms with Crippen molar-refractivity contribution in [2.24, 2.45) is 5.92 Å². The van der Waals surface area contributed by atoms with Crippen LogP contribution in [0.4, 0.5) is 0 Å². The van der Waals surface area contributed by atoms with Gasteiger partial charge in [0.15, 0.2) is 0 Å². The van der Waals surface area contributed by atoms with E-state index >= 15 is 0 Å². The molecule has 0 spiro atoms. The molecule has 18 heavy (non-hydrogen) atoms.